The molecular weight excluding hydrogens is 344 g/mol. The van der Waals surface area contributed by atoms with Gasteiger partial charge in [0.05, 0.1) is 23.3 Å². The van der Waals surface area contributed by atoms with Crippen molar-refractivity contribution >= 4 is 23.5 Å². The van der Waals surface area contributed by atoms with Crippen molar-refractivity contribution in [3.8, 4) is 0 Å². The molecule has 0 aromatic heterocycles. The Morgan fingerprint density at radius 1 is 0.926 bits per heavy atom. The number of esters is 1. The zero-order valence-corrected chi connectivity index (χ0v) is 15.5. The lowest BCUT2D eigenvalue weighted by atomic mass is 10.1. The van der Waals surface area contributed by atoms with Gasteiger partial charge in [0.25, 0.3) is 11.8 Å². The van der Waals surface area contributed by atoms with Gasteiger partial charge in [0, 0.05) is 26.3 Å². The number of fused-ring (bicyclic) bond motifs is 1. The Kier molecular flexibility index (Phi) is 5.54. The molecule has 6 nitrogen and oxygen atoms in total. The molecule has 1 heterocycles. The molecule has 0 spiro atoms. The summed E-state index contributed by atoms with van der Waals surface area (Å²) in [6, 6.07) is 14.0. The Hall–Kier alpha value is -3.15. The van der Waals surface area contributed by atoms with Gasteiger partial charge in [-0.2, -0.15) is 0 Å². The summed E-state index contributed by atoms with van der Waals surface area (Å²) in [7, 11) is 3.86. The van der Waals surface area contributed by atoms with Crippen LogP contribution in [0.15, 0.2) is 48.5 Å². The van der Waals surface area contributed by atoms with Crippen molar-refractivity contribution < 1.29 is 19.1 Å². The zero-order valence-electron chi connectivity index (χ0n) is 15.5. The zero-order chi connectivity index (χ0) is 19.4. The van der Waals surface area contributed by atoms with Gasteiger partial charge in [0.2, 0.25) is 0 Å². The van der Waals surface area contributed by atoms with Crippen molar-refractivity contribution in [2.45, 2.75) is 12.8 Å². The molecule has 3 rings (SSSR count). The van der Waals surface area contributed by atoms with Crippen LogP contribution in [0.3, 0.4) is 0 Å². The van der Waals surface area contributed by atoms with Crippen LogP contribution in [-0.4, -0.2) is 49.9 Å². The molecule has 2 aromatic rings. The minimum atomic E-state index is -0.374. The van der Waals surface area contributed by atoms with Gasteiger partial charge in [-0.15, -0.1) is 0 Å². The van der Waals surface area contributed by atoms with Gasteiger partial charge in [-0.3, -0.25) is 14.5 Å². The third-order valence-corrected chi connectivity index (χ3v) is 4.51. The lowest BCUT2D eigenvalue weighted by molar-refractivity contribution is 0.0485. The second-order valence-electron chi connectivity index (χ2n) is 6.59. The van der Waals surface area contributed by atoms with Crippen LogP contribution in [0.4, 0.5) is 5.69 Å². The first-order valence-electron chi connectivity index (χ1n) is 8.89. The van der Waals surface area contributed by atoms with E-state index in [1.54, 1.807) is 36.4 Å². The van der Waals surface area contributed by atoms with Gasteiger partial charge in [-0.05, 0) is 49.2 Å². The standard InChI is InChI=1S/C21H22N2O4/c1-22(2)16-11-9-15(10-12-16)21(26)27-14-6-5-13-23-19(24)17-7-3-4-8-18(17)20(23)25/h3-4,7-12H,5-6,13-14H2,1-2H3. The Morgan fingerprint density at radius 3 is 2.07 bits per heavy atom. The molecule has 0 saturated carbocycles. The van der Waals surface area contributed by atoms with E-state index in [1.807, 2.05) is 31.1 Å². The second-order valence-corrected chi connectivity index (χ2v) is 6.59. The predicted molar refractivity (Wildman–Crippen MR) is 102 cm³/mol. The Balaban J connectivity index is 1.43. The maximum absolute atomic E-state index is 12.3. The molecule has 0 aliphatic carbocycles. The fourth-order valence-electron chi connectivity index (χ4n) is 2.96. The second kappa shape index (κ2) is 8.03. The highest BCUT2D eigenvalue weighted by atomic mass is 16.5. The average molecular weight is 366 g/mol. The van der Waals surface area contributed by atoms with Crippen LogP contribution < -0.4 is 4.90 Å². The highest BCUT2D eigenvalue weighted by molar-refractivity contribution is 6.21. The van der Waals surface area contributed by atoms with Crippen molar-refractivity contribution in [3.63, 3.8) is 0 Å². The maximum atomic E-state index is 12.3. The van der Waals surface area contributed by atoms with Crippen molar-refractivity contribution in [1.29, 1.82) is 0 Å². The van der Waals surface area contributed by atoms with Crippen LogP contribution in [-0.2, 0) is 4.74 Å². The molecule has 27 heavy (non-hydrogen) atoms. The fraction of sp³-hybridized carbons (Fsp3) is 0.286. The molecule has 0 bridgehead atoms. The van der Waals surface area contributed by atoms with E-state index in [-0.39, 0.29) is 24.4 Å². The highest BCUT2D eigenvalue weighted by Crippen LogP contribution is 2.22. The topological polar surface area (TPSA) is 66.9 Å². The van der Waals surface area contributed by atoms with E-state index in [2.05, 4.69) is 0 Å². The van der Waals surface area contributed by atoms with E-state index in [1.165, 1.54) is 4.90 Å². The Labute approximate surface area is 158 Å². The number of benzene rings is 2. The Morgan fingerprint density at radius 2 is 1.52 bits per heavy atom. The van der Waals surface area contributed by atoms with Crippen molar-refractivity contribution in [2.24, 2.45) is 0 Å². The molecule has 0 saturated heterocycles. The van der Waals surface area contributed by atoms with Gasteiger partial charge in [0.15, 0.2) is 0 Å². The van der Waals surface area contributed by atoms with E-state index in [4.69, 9.17) is 4.74 Å². The smallest absolute Gasteiger partial charge is 0.338 e. The number of rotatable bonds is 7. The molecule has 0 fully saturated rings. The molecule has 140 valence electrons. The minimum Gasteiger partial charge on any atom is -0.462 e. The van der Waals surface area contributed by atoms with Crippen LogP contribution >= 0.6 is 0 Å². The molecular formula is C21H22N2O4. The summed E-state index contributed by atoms with van der Waals surface area (Å²) in [4.78, 5) is 39.8. The summed E-state index contributed by atoms with van der Waals surface area (Å²) < 4.78 is 5.27. The first-order chi connectivity index (χ1) is 13.0. The number of nitrogens with zero attached hydrogens (tertiary/aromatic N) is 2. The number of ether oxygens (including phenoxy) is 1. The third-order valence-electron chi connectivity index (χ3n) is 4.51. The molecule has 1 aliphatic heterocycles. The molecule has 2 aromatic carbocycles. The Bertz CT molecular complexity index is 824. The highest BCUT2D eigenvalue weighted by Gasteiger charge is 2.34. The number of unbranched alkanes of at least 4 members (excludes halogenated alkanes) is 1. The summed E-state index contributed by atoms with van der Waals surface area (Å²) in [6.45, 7) is 0.568. The third kappa shape index (κ3) is 4.00. The maximum Gasteiger partial charge on any atom is 0.338 e. The molecule has 0 radical (unpaired) electrons. The van der Waals surface area contributed by atoms with E-state index >= 15 is 0 Å². The molecule has 0 N–H and O–H groups in total. The number of amides is 2. The van der Waals surface area contributed by atoms with Crippen LogP contribution in [0.5, 0.6) is 0 Å². The number of carbonyl (C=O) groups excluding carboxylic acids is 3. The van der Waals surface area contributed by atoms with Gasteiger partial charge in [-0.25, -0.2) is 4.79 Å². The molecule has 0 atom stereocenters. The van der Waals surface area contributed by atoms with Crippen LogP contribution in [0.25, 0.3) is 0 Å². The lowest BCUT2D eigenvalue weighted by Crippen LogP contribution is -2.30. The van der Waals surface area contributed by atoms with Crippen molar-refractivity contribution in [1.82, 2.24) is 4.90 Å². The van der Waals surface area contributed by atoms with Crippen molar-refractivity contribution in [2.75, 3.05) is 32.1 Å². The van der Waals surface area contributed by atoms with Crippen LogP contribution in [0.2, 0.25) is 0 Å². The van der Waals surface area contributed by atoms with Gasteiger partial charge < -0.3 is 9.64 Å². The summed E-state index contributed by atoms with van der Waals surface area (Å²) in [5, 5.41) is 0. The normalized spacial score (nSPS) is 12.9. The SMILES string of the molecule is CN(C)c1ccc(C(=O)OCCCCN2C(=O)c3ccccc3C2=O)cc1. The number of carbonyl (C=O) groups is 3. The monoisotopic (exact) mass is 366 g/mol. The number of hydrogen-bond donors (Lipinski definition) is 0. The minimum absolute atomic E-state index is 0.247. The van der Waals surface area contributed by atoms with E-state index < -0.39 is 0 Å². The van der Waals surface area contributed by atoms with Gasteiger partial charge in [-0.1, -0.05) is 12.1 Å². The summed E-state index contributed by atoms with van der Waals surface area (Å²) in [6.07, 6.45) is 1.16. The van der Waals surface area contributed by atoms with E-state index in [0.717, 1.165) is 5.69 Å². The first kappa shape index (κ1) is 18.6. The average Bonchev–Trinajstić information content (AvgIpc) is 2.92. The summed E-state index contributed by atoms with van der Waals surface area (Å²) in [5.41, 5.74) is 2.42. The predicted octanol–water partition coefficient (Wildman–Crippen LogP) is 2.99. The molecule has 0 unspecified atom stereocenters. The number of hydrogen-bond acceptors (Lipinski definition) is 5. The molecule has 6 heteroatoms. The van der Waals surface area contributed by atoms with E-state index in [0.29, 0.717) is 36.1 Å². The van der Waals surface area contributed by atoms with E-state index in [9.17, 15) is 14.4 Å². The molecule has 1 aliphatic rings. The van der Waals surface area contributed by atoms with Gasteiger partial charge in [0.1, 0.15) is 0 Å². The fourth-order valence-corrected chi connectivity index (χ4v) is 2.96. The van der Waals surface area contributed by atoms with Gasteiger partial charge >= 0.3 is 5.97 Å². The lowest BCUT2D eigenvalue weighted by Gasteiger charge is -2.14. The first-order valence-corrected chi connectivity index (χ1v) is 8.89. The van der Waals surface area contributed by atoms with Crippen LogP contribution in [0.1, 0.15) is 43.9 Å². The molecule has 2 amide bonds. The number of anilines is 1. The number of imide groups is 1. The van der Waals surface area contributed by atoms with Crippen molar-refractivity contribution in [3.05, 3.63) is 65.2 Å². The van der Waals surface area contributed by atoms with Crippen LogP contribution in [0, 0.1) is 0 Å². The quantitative estimate of drug-likeness (QED) is 0.428. The summed E-state index contributed by atoms with van der Waals surface area (Å²) >= 11 is 0. The summed E-state index contributed by atoms with van der Waals surface area (Å²) in [5.74, 6) is -0.886. The largest absolute Gasteiger partial charge is 0.462 e.